The highest BCUT2D eigenvalue weighted by Crippen LogP contribution is 2.42. The molecule has 1 N–H and O–H groups in total. The van der Waals surface area contributed by atoms with Crippen molar-refractivity contribution < 1.29 is 22.7 Å². The van der Waals surface area contributed by atoms with E-state index in [1.165, 1.54) is 12.0 Å². The van der Waals surface area contributed by atoms with Crippen LogP contribution in [-0.4, -0.2) is 57.0 Å². The Morgan fingerprint density at radius 3 is 2.61 bits per heavy atom. The average Bonchev–Trinajstić information content (AvgIpc) is 2.88. The molecule has 1 aromatic rings. The van der Waals surface area contributed by atoms with Crippen LogP contribution in [0.2, 0.25) is 0 Å². The molecule has 1 saturated heterocycles. The van der Waals surface area contributed by atoms with Crippen LogP contribution >= 0.6 is 0 Å². The van der Waals surface area contributed by atoms with E-state index in [4.69, 9.17) is 9.47 Å². The molecule has 0 aliphatic carbocycles. The smallest absolute Gasteiger partial charge is 0.409 e. The first-order valence-electron chi connectivity index (χ1n) is 8.90. The number of nitrogens with zero attached hydrogens (tertiary/aromatic N) is 2. The van der Waals surface area contributed by atoms with Crippen LogP contribution in [0, 0.1) is 6.92 Å². The number of likely N-dealkylation sites (N-methyl/N-ethyl adjacent to an activating group) is 1. The van der Waals surface area contributed by atoms with Gasteiger partial charge in [-0.1, -0.05) is 29.8 Å². The molecule has 0 spiro atoms. The number of fused-ring (bicyclic) bond motifs is 2. The normalized spacial score (nSPS) is 27.6. The molecular weight excluding hydrogens is 382 g/mol. The van der Waals surface area contributed by atoms with Crippen LogP contribution < -0.4 is 4.83 Å². The molecule has 1 amide bonds. The molecule has 1 aromatic carbocycles. The Bertz CT molecular complexity index is 925. The van der Waals surface area contributed by atoms with Crippen molar-refractivity contribution in [2.24, 2.45) is 5.10 Å². The summed E-state index contributed by atoms with van der Waals surface area (Å²) in [6, 6.07) is 6.56. The van der Waals surface area contributed by atoms with E-state index in [2.05, 4.69) is 9.93 Å². The summed E-state index contributed by atoms with van der Waals surface area (Å²) >= 11 is 0. The van der Waals surface area contributed by atoms with Gasteiger partial charge >= 0.3 is 6.09 Å². The summed E-state index contributed by atoms with van der Waals surface area (Å²) in [4.78, 5) is 15.7. The monoisotopic (exact) mass is 407 g/mol. The highest BCUT2D eigenvalue weighted by atomic mass is 32.2. The lowest BCUT2D eigenvalue weighted by Gasteiger charge is -2.40. The third kappa shape index (κ3) is 4.20. The molecule has 0 saturated carbocycles. The summed E-state index contributed by atoms with van der Waals surface area (Å²) in [6.07, 6.45) is 4.23. The largest absolute Gasteiger partial charge is 0.453 e. The zero-order valence-electron chi connectivity index (χ0n) is 16.4. The maximum absolute atomic E-state index is 12.5. The van der Waals surface area contributed by atoms with Gasteiger partial charge in [-0.3, -0.25) is 0 Å². The number of hydrazone groups is 1. The van der Waals surface area contributed by atoms with Gasteiger partial charge in [-0.2, -0.15) is 13.5 Å². The quantitative estimate of drug-likeness (QED) is 0.596. The summed E-state index contributed by atoms with van der Waals surface area (Å²) in [5, 5.41) is 4.18. The molecule has 8 nitrogen and oxygen atoms in total. The zero-order chi connectivity index (χ0) is 20.6. The molecule has 1 fully saturated rings. The molecule has 2 aliphatic rings. The van der Waals surface area contributed by atoms with Crippen molar-refractivity contribution >= 4 is 21.8 Å². The molecule has 0 aromatic heterocycles. The van der Waals surface area contributed by atoms with E-state index < -0.39 is 27.3 Å². The van der Waals surface area contributed by atoms with Gasteiger partial charge in [0.05, 0.1) is 24.2 Å². The SMILES string of the molecule is COC(=O)N(C)CC12C=CC(C)(C/C(=N/NS(=O)(=O)c3ccc(C)cc3)C1)O2. The highest BCUT2D eigenvalue weighted by molar-refractivity contribution is 7.89. The van der Waals surface area contributed by atoms with Gasteiger partial charge in [0.25, 0.3) is 10.0 Å². The molecule has 2 atom stereocenters. The van der Waals surface area contributed by atoms with E-state index in [1.54, 1.807) is 31.3 Å². The van der Waals surface area contributed by atoms with Crippen LogP contribution in [0.15, 0.2) is 46.4 Å². The second-order valence-corrected chi connectivity index (χ2v) is 9.24. The first-order chi connectivity index (χ1) is 13.1. The van der Waals surface area contributed by atoms with E-state index in [0.29, 0.717) is 18.6 Å². The van der Waals surface area contributed by atoms with Gasteiger partial charge < -0.3 is 14.4 Å². The number of sulfonamides is 1. The molecule has 2 heterocycles. The number of hydrogen-bond acceptors (Lipinski definition) is 6. The highest BCUT2D eigenvalue weighted by Gasteiger charge is 2.49. The molecule has 2 bridgehead atoms. The fourth-order valence-electron chi connectivity index (χ4n) is 3.60. The van der Waals surface area contributed by atoms with Gasteiger partial charge in [-0.05, 0) is 26.0 Å². The van der Waals surface area contributed by atoms with Crippen LogP contribution in [0.3, 0.4) is 0 Å². The summed E-state index contributed by atoms with van der Waals surface area (Å²) in [7, 11) is -0.811. The second kappa shape index (κ2) is 7.21. The fourth-order valence-corrected chi connectivity index (χ4v) is 4.45. The zero-order valence-corrected chi connectivity index (χ0v) is 17.2. The van der Waals surface area contributed by atoms with Crippen molar-refractivity contribution in [2.75, 3.05) is 20.7 Å². The Morgan fingerprint density at radius 2 is 1.96 bits per heavy atom. The van der Waals surface area contributed by atoms with Crippen LogP contribution in [0.5, 0.6) is 0 Å². The number of amides is 1. The number of methoxy groups -OCH3 is 1. The predicted molar refractivity (Wildman–Crippen MR) is 105 cm³/mol. The predicted octanol–water partition coefficient (Wildman–Crippen LogP) is 2.21. The van der Waals surface area contributed by atoms with Crippen molar-refractivity contribution in [1.82, 2.24) is 9.73 Å². The first-order valence-corrected chi connectivity index (χ1v) is 10.4. The van der Waals surface area contributed by atoms with Crippen LogP contribution in [0.25, 0.3) is 0 Å². The Labute approximate surface area is 165 Å². The number of rotatable bonds is 5. The molecule has 152 valence electrons. The Kier molecular flexibility index (Phi) is 5.24. The molecule has 28 heavy (non-hydrogen) atoms. The van der Waals surface area contributed by atoms with E-state index in [1.807, 2.05) is 26.0 Å². The number of aryl methyl sites for hydroxylation is 1. The van der Waals surface area contributed by atoms with E-state index in [-0.39, 0.29) is 11.4 Å². The molecule has 0 radical (unpaired) electrons. The summed E-state index contributed by atoms with van der Waals surface area (Å²) in [5.74, 6) is 0. The van der Waals surface area contributed by atoms with Gasteiger partial charge in [0.2, 0.25) is 0 Å². The number of hydrogen-bond donors (Lipinski definition) is 1. The van der Waals surface area contributed by atoms with E-state index >= 15 is 0 Å². The minimum Gasteiger partial charge on any atom is -0.453 e. The third-order valence-corrected chi connectivity index (χ3v) is 6.11. The van der Waals surface area contributed by atoms with Crippen LogP contribution in [0.1, 0.15) is 25.3 Å². The molecule has 2 aliphatic heterocycles. The van der Waals surface area contributed by atoms with Crippen molar-refractivity contribution in [3.05, 3.63) is 42.0 Å². The summed E-state index contributed by atoms with van der Waals surface area (Å²) in [5.41, 5.74) is 0.280. The molecule has 2 unspecified atom stereocenters. The number of ether oxygens (including phenoxy) is 2. The molecule has 3 rings (SSSR count). The Morgan fingerprint density at radius 1 is 1.29 bits per heavy atom. The van der Waals surface area contributed by atoms with Crippen molar-refractivity contribution in [1.29, 1.82) is 0 Å². The summed E-state index contributed by atoms with van der Waals surface area (Å²) in [6.45, 7) is 4.07. The van der Waals surface area contributed by atoms with Crippen LogP contribution in [0.4, 0.5) is 4.79 Å². The Hall–Kier alpha value is -2.39. The van der Waals surface area contributed by atoms with Gasteiger partial charge in [0, 0.05) is 25.6 Å². The van der Waals surface area contributed by atoms with Crippen molar-refractivity contribution in [3.8, 4) is 0 Å². The van der Waals surface area contributed by atoms with Crippen molar-refractivity contribution in [3.63, 3.8) is 0 Å². The minimum absolute atomic E-state index is 0.155. The summed E-state index contributed by atoms with van der Waals surface area (Å²) < 4.78 is 35.9. The Balaban J connectivity index is 1.78. The van der Waals surface area contributed by atoms with Gasteiger partial charge in [0.15, 0.2) is 0 Å². The third-order valence-electron chi connectivity index (χ3n) is 4.88. The number of nitrogens with one attached hydrogen (secondary N) is 1. The fraction of sp³-hybridized carbons (Fsp3) is 0.474. The van der Waals surface area contributed by atoms with Crippen molar-refractivity contribution in [2.45, 2.75) is 42.8 Å². The topological polar surface area (TPSA) is 97.3 Å². The maximum Gasteiger partial charge on any atom is 0.409 e. The van der Waals surface area contributed by atoms with Gasteiger partial charge in [-0.25, -0.2) is 9.63 Å². The minimum atomic E-state index is -3.75. The average molecular weight is 407 g/mol. The second-order valence-electron chi connectivity index (χ2n) is 7.58. The van der Waals surface area contributed by atoms with Gasteiger partial charge in [-0.15, -0.1) is 0 Å². The number of carbonyl (C=O) groups is 1. The first kappa shape index (κ1) is 20.3. The molecular formula is C19H25N3O5S. The lowest BCUT2D eigenvalue weighted by atomic mass is 9.90. The number of carbonyl (C=O) groups excluding carboxylic acids is 1. The molecule has 9 heteroatoms. The number of benzene rings is 1. The lowest BCUT2D eigenvalue weighted by molar-refractivity contribution is -0.0929. The van der Waals surface area contributed by atoms with Crippen LogP contribution in [-0.2, 0) is 19.5 Å². The van der Waals surface area contributed by atoms with E-state index in [0.717, 1.165) is 5.56 Å². The standard InChI is InChI=1S/C19H25N3O5S/c1-14-5-7-16(8-6-14)28(24,25)21-20-15-11-18(2)9-10-19(12-15,27-18)13-22(3)17(23)26-4/h5-10,21H,11-13H2,1-4H3/b20-15-. The maximum atomic E-state index is 12.5. The van der Waals surface area contributed by atoms with E-state index in [9.17, 15) is 13.2 Å². The van der Waals surface area contributed by atoms with Gasteiger partial charge in [0.1, 0.15) is 5.60 Å². The lowest BCUT2D eigenvalue weighted by Crippen LogP contribution is -2.51.